The van der Waals surface area contributed by atoms with Crippen molar-refractivity contribution in [2.24, 2.45) is 0 Å². The van der Waals surface area contributed by atoms with Crippen LogP contribution in [0.2, 0.25) is 0 Å². The fourth-order valence-electron chi connectivity index (χ4n) is 4.79. The van der Waals surface area contributed by atoms with Crippen LogP contribution in [-0.2, 0) is 10.2 Å². The molecule has 3 aromatic carbocycles. The van der Waals surface area contributed by atoms with Crippen LogP contribution in [0.4, 0.5) is 5.95 Å². The number of anilines is 1. The van der Waals surface area contributed by atoms with Crippen LogP contribution in [0, 0.1) is 0 Å². The summed E-state index contributed by atoms with van der Waals surface area (Å²) in [4.78, 5) is 9.41. The zero-order chi connectivity index (χ0) is 24.3. The van der Waals surface area contributed by atoms with Gasteiger partial charge in [-0.1, -0.05) is 42.5 Å². The number of benzene rings is 3. The van der Waals surface area contributed by atoms with Gasteiger partial charge < -0.3 is 19.9 Å². The number of methoxy groups -OCH3 is 1. The second-order valence-corrected chi connectivity index (χ2v) is 9.24. The van der Waals surface area contributed by atoms with Gasteiger partial charge in [-0.2, -0.15) is 0 Å². The largest absolute Gasteiger partial charge is 0.497 e. The first-order chi connectivity index (χ1) is 17.1. The Morgan fingerprint density at radius 3 is 2.54 bits per heavy atom. The summed E-state index contributed by atoms with van der Waals surface area (Å²) in [6.45, 7) is 3.98. The summed E-state index contributed by atoms with van der Waals surface area (Å²) < 4.78 is 11.0. The Bertz CT molecular complexity index is 1300. The number of aromatic nitrogens is 2. The van der Waals surface area contributed by atoms with Crippen LogP contribution in [0.25, 0.3) is 22.0 Å². The summed E-state index contributed by atoms with van der Waals surface area (Å²) in [6, 6.07) is 22.5. The van der Waals surface area contributed by atoms with Gasteiger partial charge in [0.15, 0.2) is 0 Å². The van der Waals surface area contributed by atoms with Crippen molar-refractivity contribution < 1.29 is 14.6 Å². The van der Waals surface area contributed by atoms with Crippen molar-refractivity contribution in [3.63, 3.8) is 0 Å². The summed E-state index contributed by atoms with van der Waals surface area (Å²) in [5.41, 5.74) is 5.12. The van der Waals surface area contributed by atoms with Gasteiger partial charge in [-0.15, -0.1) is 0 Å². The molecule has 6 nitrogen and oxygen atoms in total. The molecular formula is C29H31N3O3. The lowest BCUT2D eigenvalue weighted by Gasteiger charge is -2.38. The number of aliphatic hydroxyl groups is 1. The van der Waals surface area contributed by atoms with Gasteiger partial charge >= 0.3 is 0 Å². The second kappa shape index (κ2) is 10.0. The number of rotatable bonds is 7. The minimum atomic E-state index is -0.503. The third-order valence-electron chi connectivity index (χ3n) is 7.02. The van der Waals surface area contributed by atoms with Gasteiger partial charge in [0.2, 0.25) is 5.95 Å². The normalized spacial score (nSPS) is 16.1. The Morgan fingerprint density at radius 1 is 1.03 bits per heavy atom. The molecule has 2 N–H and O–H groups in total. The molecule has 0 amide bonds. The van der Waals surface area contributed by atoms with Crippen LogP contribution in [0.1, 0.15) is 37.0 Å². The van der Waals surface area contributed by atoms with Crippen molar-refractivity contribution in [3.05, 3.63) is 84.1 Å². The molecule has 35 heavy (non-hydrogen) atoms. The molecule has 6 heteroatoms. The number of nitrogens with zero attached hydrogens (tertiary/aromatic N) is 2. The van der Waals surface area contributed by atoms with Crippen LogP contribution >= 0.6 is 0 Å². The molecule has 0 bridgehead atoms. The second-order valence-electron chi connectivity index (χ2n) is 9.24. The summed E-state index contributed by atoms with van der Waals surface area (Å²) >= 11 is 0. The van der Waals surface area contributed by atoms with E-state index < -0.39 is 6.10 Å². The Morgan fingerprint density at radius 2 is 1.80 bits per heavy atom. The lowest BCUT2D eigenvalue weighted by molar-refractivity contribution is 0.0543. The van der Waals surface area contributed by atoms with Gasteiger partial charge in [0.05, 0.1) is 18.7 Å². The Kier molecular flexibility index (Phi) is 6.66. The number of hydrogen-bond acceptors (Lipinski definition) is 6. The van der Waals surface area contributed by atoms with Gasteiger partial charge in [-0.05, 0) is 66.3 Å². The summed E-state index contributed by atoms with van der Waals surface area (Å²) in [5.74, 6) is 1.48. The van der Waals surface area contributed by atoms with E-state index >= 15 is 0 Å². The number of ether oxygens (including phenoxy) is 2. The van der Waals surface area contributed by atoms with Crippen molar-refractivity contribution in [3.8, 4) is 16.9 Å². The van der Waals surface area contributed by atoms with Crippen LogP contribution in [0.3, 0.4) is 0 Å². The van der Waals surface area contributed by atoms with Gasteiger partial charge in [0, 0.05) is 36.8 Å². The van der Waals surface area contributed by atoms with Crippen LogP contribution in [-0.4, -0.2) is 41.9 Å². The predicted molar refractivity (Wildman–Crippen MR) is 139 cm³/mol. The summed E-state index contributed by atoms with van der Waals surface area (Å²) in [7, 11) is 1.69. The summed E-state index contributed by atoms with van der Waals surface area (Å²) in [6.07, 6.45) is 3.23. The molecule has 4 aromatic rings. The maximum Gasteiger partial charge on any atom is 0.223 e. The van der Waals surface area contributed by atoms with Crippen molar-refractivity contribution in [2.45, 2.75) is 31.3 Å². The molecular weight excluding hydrogens is 438 g/mol. The zero-order valence-corrected chi connectivity index (χ0v) is 20.2. The van der Waals surface area contributed by atoms with E-state index in [1.165, 1.54) is 5.56 Å². The van der Waals surface area contributed by atoms with E-state index in [-0.39, 0.29) is 5.41 Å². The van der Waals surface area contributed by atoms with Crippen molar-refractivity contribution in [1.82, 2.24) is 9.97 Å². The molecule has 2 heterocycles. The van der Waals surface area contributed by atoms with E-state index in [2.05, 4.69) is 40.6 Å². The fraction of sp³-hybridized carbons (Fsp3) is 0.310. The van der Waals surface area contributed by atoms with Crippen LogP contribution < -0.4 is 10.1 Å². The maximum absolute atomic E-state index is 9.96. The first-order valence-corrected chi connectivity index (χ1v) is 12.1. The highest BCUT2D eigenvalue weighted by Crippen LogP contribution is 2.36. The van der Waals surface area contributed by atoms with Crippen molar-refractivity contribution in [2.75, 3.05) is 32.2 Å². The molecule has 0 radical (unpaired) electrons. The molecule has 1 aromatic heterocycles. The minimum Gasteiger partial charge on any atom is -0.497 e. The van der Waals surface area contributed by atoms with E-state index in [1.807, 2.05) is 42.6 Å². The topological polar surface area (TPSA) is 76.5 Å². The molecule has 5 rings (SSSR count). The quantitative estimate of drug-likeness (QED) is 0.371. The Labute approximate surface area is 206 Å². The molecule has 1 saturated heterocycles. The molecule has 1 atom stereocenters. The number of aliphatic hydroxyl groups excluding tert-OH is 1. The smallest absolute Gasteiger partial charge is 0.223 e. The van der Waals surface area contributed by atoms with E-state index in [0.717, 1.165) is 65.9 Å². The highest BCUT2D eigenvalue weighted by molar-refractivity contribution is 5.84. The molecule has 0 spiro atoms. The average molecular weight is 470 g/mol. The minimum absolute atomic E-state index is 0.0495. The zero-order valence-electron chi connectivity index (χ0n) is 20.2. The molecule has 1 aliphatic heterocycles. The molecule has 0 aliphatic carbocycles. The number of fused-ring (bicyclic) bond motifs is 1. The third kappa shape index (κ3) is 4.99. The van der Waals surface area contributed by atoms with E-state index in [9.17, 15) is 5.11 Å². The maximum atomic E-state index is 9.96. The van der Waals surface area contributed by atoms with Crippen molar-refractivity contribution in [1.29, 1.82) is 0 Å². The van der Waals surface area contributed by atoms with Gasteiger partial charge in [0.1, 0.15) is 5.75 Å². The molecule has 1 aliphatic rings. The third-order valence-corrected chi connectivity index (χ3v) is 7.02. The molecule has 1 unspecified atom stereocenters. The van der Waals surface area contributed by atoms with E-state index in [1.54, 1.807) is 14.0 Å². The average Bonchev–Trinajstić information content (AvgIpc) is 2.92. The molecule has 0 saturated carbocycles. The highest BCUT2D eigenvalue weighted by Gasteiger charge is 2.34. The molecule has 1 fully saturated rings. The first kappa shape index (κ1) is 23.3. The standard InChI is InChI=1S/C29H31N3O3/c1-20(33)21-4-3-5-22(16-21)23-6-7-24-18-30-28(32-27(24)17-23)31-19-29(12-14-35-15-13-29)25-8-10-26(34-2)11-9-25/h3-11,16-18,20,33H,12-15,19H2,1-2H3,(H,30,31,32). The van der Waals surface area contributed by atoms with Crippen LogP contribution in [0.15, 0.2) is 72.9 Å². The predicted octanol–water partition coefficient (Wildman–Crippen LogP) is 5.52. The van der Waals surface area contributed by atoms with Crippen molar-refractivity contribution >= 4 is 16.9 Å². The molecule has 180 valence electrons. The van der Waals surface area contributed by atoms with Gasteiger partial charge in [0.25, 0.3) is 0 Å². The van der Waals surface area contributed by atoms with Gasteiger partial charge in [-0.3, -0.25) is 0 Å². The lowest BCUT2D eigenvalue weighted by atomic mass is 9.74. The Balaban J connectivity index is 1.40. The highest BCUT2D eigenvalue weighted by atomic mass is 16.5. The van der Waals surface area contributed by atoms with Gasteiger partial charge in [-0.25, -0.2) is 9.97 Å². The Hall–Kier alpha value is -3.48. The van der Waals surface area contributed by atoms with E-state index in [0.29, 0.717) is 5.95 Å². The first-order valence-electron chi connectivity index (χ1n) is 12.1. The summed E-state index contributed by atoms with van der Waals surface area (Å²) in [5, 5.41) is 14.5. The SMILES string of the molecule is COc1ccc(C2(CNc3ncc4ccc(-c5cccc(C(C)O)c5)cc4n3)CCOCC2)cc1. The number of hydrogen-bond donors (Lipinski definition) is 2. The lowest BCUT2D eigenvalue weighted by Crippen LogP contribution is -2.40. The van der Waals surface area contributed by atoms with E-state index in [4.69, 9.17) is 14.5 Å². The van der Waals surface area contributed by atoms with Crippen LogP contribution in [0.5, 0.6) is 5.75 Å². The fourth-order valence-corrected chi connectivity index (χ4v) is 4.79. The monoisotopic (exact) mass is 469 g/mol. The number of nitrogens with one attached hydrogen (secondary N) is 1.